The van der Waals surface area contributed by atoms with Crippen molar-refractivity contribution in [1.82, 2.24) is 4.98 Å². The zero-order valence-electron chi connectivity index (χ0n) is 9.72. The number of aromatic nitrogens is 1. The first-order chi connectivity index (χ1) is 8.74. The van der Waals surface area contributed by atoms with Crippen LogP contribution in [0.1, 0.15) is 22.3 Å². The number of ketones is 1. The molecule has 2 aromatic rings. The maximum atomic E-state index is 11.6. The third-order valence-electron chi connectivity index (χ3n) is 3.01. The molecule has 0 saturated carbocycles. The molecule has 0 amide bonds. The number of hydrogen-bond acceptors (Lipinski definition) is 4. The largest absolute Gasteiger partial charge is 0.439 e. The molecule has 1 heterocycles. The van der Waals surface area contributed by atoms with Gasteiger partial charge in [-0.1, -0.05) is 12.1 Å². The lowest BCUT2D eigenvalue weighted by atomic mass is 10.1. The van der Waals surface area contributed by atoms with E-state index in [0.29, 0.717) is 23.7 Å². The topological polar surface area (TPSA) is 65.2 Å². The Morgan fingerprint density at radius 3 is 2.83 bits per heavy atom. The summed E-state index contributed by atoms with van der Waals surface area (Å²) in [6.45, 7) is 0. The van der Waals surface area contributed by atoms with E-state index >= 15 is 0 Å². The van der Waals surface area contributed by atoms with Gasteiger partial charge in [0, 0.05) is 23.6 Å². The number of anilines is 1. The zero-order chi connectivity index (χ0) is 12.5. The highest BCUT2D eigenvalue weighted by atomic mass is 16.5. The van der Waals surface area contributed by atoms with Gasteiger partial charge in [-0.2, -0.15) is 0 Å². The molecule has 0 bridgehead atoms. The Morgan fingerprint density at radius 2 is 2.06 bits per heavy atom. The standard InChI is InChI=1S/C14H12N2O2/c15-9-4-7-14(16-8-9)18-13-3-1-2-10-11(13)5-6-12(10)17/h1-4,7-8H,5-6,15H2. The van der Waals surface area contributed by atoms with E-state index < -0.39 is 0 Å². The maximum absolute atomic E-state index is 11.6. The van der Waals surface area contributed by atoms with Crippen LogP contribution in [0.4, 0.5) is 5.69 Å². The van der Waals surface area contributed by atoms with Crippen molar-refractivity contribution in [2.45, 2.75) is 12.8 Å². The molecule has 0 atom stereocenters. The molecule has 18 heavy (non-hydrogen) atoms. The molecule has 0 fully saturated rings. The van der Waals surface area contributed by atoms with E-state index in [4.69, 9.17) is 10.5 Å². The first kappa shape index (κ1) is 10.8. The Kier molecular flexibility index (Phi) is 2.48. The van der Waals surface area contributed by atoms with Crippen molar-refractivity contribution >= 4 is 11.5 Å². The van der Waals surface area contributed by atoms with Crippen LogP contribution in [0.2, 0.25) is 0 Å². The summed E-state index contributed by atoms with van der Waals surface area (Å²) in [5, 5.41) is 0. The van der Waals surface area contributed by atoms with Gasteiger partial charge in [-0.05, 0) is 18.6 Å². The number of Topliss-reactive ketones (excluding diaryl/α,β-unsaturated/α-hetero) is 1. The Labute approximate surface area is 104 Å². The fourth-order valence-corrected chi connectivity index (χ4v) is 2.12. The average Bonchev–Trinajstić information content (AvgIpc) is 2.76. The number of hydrogen-bond donors (Lipinski definition) is 1. The number of nitrogen functional groups attached to an aromatic ring is 1. The highest BCUT2D eigenvalue weighted by molar-refractivity contribution is 6.01. The van der Waals surface area contributed by atoms with Gasteiger partial charge < -0.3 is 10.5 Å². The van der Waals surface area contributed by atoms with Crippen LogP contribution in [0.3, 0.4) is 0 Å². The number of ether oxygens (including phenoxy) is 1. The summed E-state index contributed by atoms with van der Waals surface area (Å²) in [4.78, 5) is 15.7. The number of nitrogens with zero attached hydrogens (tertiary/aromatic N) is 1. The van der Waals surface area contributed by atoms with Crippen molar-refractivity contribution in [3.8, 4) is 11.6 Å². The molecule has 1 aromatic carbocycles. The fraction of sp³-hybridized carbons (Fsp3) is 0.143. The molecular weight excluding hydrogens is 228 g/mol. The van der Waals surface area contributed by atoms with E-state index in [-0.39, 0.29) is 5.78 Å². The minimum absolute atomic E-state index is 0.181. The SMILES string of the molecule is Nc1ccc(Oc2cccc3c2CCC3=O)nc1. The van der Waals surface area contributed by atoms with E-state index in [2.05, 4.69) is 4.98 Å². The molecule has 2 N–H and O–H groups in total. The van der Waals surface area contributed by atoms with Crippen LogP contribution in [-0.4, -0.2) is 10.8 Å². The summed E-state index contributed by atoms with van der Waals surface area (Å²) >= 11 is 0. The summed E-state index contributed by atoms with van der Waals surface area (Å²) in [7, 11) is 0. The molecule has 1 aliphatic rings. The lowest BCUT2D eigenvalue weighted by Gasteiger charge is -2.08. The molecule has 4 nitrogen and oxygen atoms in total. The zero-order valence-corrected chi connectivity index (χ0v) is 9.72. The third kappa shape index (κ3) is 1.82. The number of fused-ring (bicyclic) bond motifs is 1. The fourth-order valence-electron chi connectivity index (χ4n) is 2.12. The van der Waals surface area contributed by atoms with Gasteiger partial charge in [-0.15, -0.1) is 0 Å². The van der Waals surface area contributed by atoms with Gasteiger partial charge in [0.25, 0.3) is 0 Å². The van der Waals surface area contributed by atoms with E-state index in [1.807, 2.05) is 18.2 Å². The molecule has 0 aliphatic heterocycles. The number of carbonyl (C=O) groups excluding carboxylic acids is 1. The molecule has 3 rings (SSSR count). The smallest absolute Gasteiger partial charge is 0.219 e. The summed E-state index contributed by atoms with van der Waals surface area (Å²) in [6, 6.07) is 8.97. The Hall–Kier alpha value is -2.36. The molecule has 0 unspecified atom stereocenters. The maximum Gasteiger partial charge on any atom is 0.219 e. The van der Waals surface area contributed by atoms with Crippen LogP contribution in [0.5, 0.6) is 11.6 Å². The number of rotatable bonds is 2. The Bertz CT molecular complexity index is 606. The van der Waals surface area contributed by atoms with Gasteiger partial charge in [0.1, 0.15) is 5.75 Å². The summed E-state index contributed by atoms with van der Waals surface area (Å²) < 4.78 is 5.71. The Balaban J connectivity index is 1.94. The number of benzene rings is 1. The summed E-state index contributed by atoms with van der Waals surface area (Å²) in [5.41, 5.74) is 7.90. The second kappa shape index (κ2) is 4.14. The highest BCUT2D eigenvalue weighted by Gasteiger charge is 2.22. The Morgan fingerprint density at radius 1 is 1.17 bits per heavy atom. The van der Waals surface area contributed by atoms with Crippen LogP contribution in [0.25, 0.3) is 0 Å². The number of nitrogens with two attached hydrogens (primary N) is 1. The first-order valence-corrected chi connectivity index (χ1v) is 5.78. The average molecular weight is 240 g/mol. The minimum atomic E-state index is 0.181. The molecule has 4 heteroatoms. The van der Waals surface area contributed by atoms with Crippen molar-refractivity contribution in [3.63, 3.8) is 0 Å². The molecule has 0 spiro atoms. The number of carbonyl (C=O) groups is 1. The number of pyridine rings is 1. The van der Waals surface area contributed by atoms with Gasteiger partial charge in [0.2, 0.25) is 5.88 Å². The monoisotopic (exact) mass is 240 g/mol. The summed E-state index contributed by atoms with van der Waals surface area (Å²) in [5.74, 6) is 1.37. The van der Waals surface area contributed by atoms with Crippen molar-refractivity contribution < 1.29 is 9.53 Å². The minimum Gasteiger partial charge on any atom is -0.439 e. The molecule has 1 aromatic heterocycles. The van der Waals surface area contributed by atoms with Crippen LogP contribution < -0.4 is 10.5 Å². The first-order valence-electron chi connectivity index (χ1n) is 5.78. The van der Waals surface area contributed by atoms with Crippen molar-refractivity contribution in [3.05, 3.63) is 47.7 Å². The van der Waals surface area contributed by atoms with Gasteiger partial charge in [0.05, 0.1) is 11.9 Å². The van der Waals surface area contributed by atoms with Crippen molar-refractivity contribution in [2.24, 2.45) is 0 Å². The van der Waals surface area contributed by atoms with Gasteiger partial charge in [-0.25, -0.2) is 4.98 Å². The second-order valence-electron chi connectivity index (χ2n) is 4.24. The van der Waals surface area contributed by atoms with Crippen LogP contribution in [0, 0.1) is 0 Å². The highest BCUT2D eigenvalue weighted by Crippen LogP contribution is 2.32. The molecule has 90 valence electrons. The lowest BCUT2D eigenvalue weighted by Crippen LogP contribution is -1.95. The molecule has 1 aliphatic carbocycles. The normalized spacial score (nSPS) is 13.4. The molecular formula is C14H12N2O2. The van der Waals surface area contributed by atoms with Gasteiger partial charge >= 0.3 is 0 Å². The van der Waals surface area contributed by atoms with E-state index in [0.717, 1.165) is 17.5 Å². The molecule has 0 saturated heterocycles. The van der Waals surface area contributed by atoms with E-state index in [1.165, 1.54) is 0 Å². The van der Waals surface area contributed by atoms with E-state index in [9.17, 15) is 4.79 Å². The van der Waals surface area contributed by atoms with E-state index in [1.54, 1.807) is 18.3 Å². The predicted molar refractivity (Wildman–Crippen MR) is 67.8 cm³/mol. The lowest BCUT2D eigenvalue weighted by molar-refractivity contribution is 0.0994. The van der Waals surface area contributed by atoms with Gasteiger partial charge in [0.15, 0.2) is 5.78 Å². The van der Waals surface area contributed by atoms with Gasteiger partial charge in [-0.3, -0.25) is 4.79 Å². The molecule has 0 radical (unpaired) electrons. The summed E-state index contributed by atoms with van der Waals surface area (Å²) in [6.07, 6.45) is 2.84. The van der Waals surface area contributed by atoms with Crippen LogP contribution in [0.15, 0.2) is 36.5 Å². The third-order valence-corrected chi connectivity index (χ3v) is 3.01. The quantitative estimate of drug-likeness (QED) is 0.876. The van der Waals surface area contributed by atoms with Crippen molar-refractivity contribution in [1.29, 1.82) is 0 Å². The van der Waals surface area contributed by atoms with Crippen LogP contribution in [-0.2, 0) is 6.42 Å². The van der Waals surface area contributed by atoms with Crippen LogP contribution >= 0.6 is 0 Å². The predicted octanol–water partition coefficient (Wildman–Crippen LogP) is 2.59. The van der Waals surface area contributed by atoms with Crippen molar-refractivity contribution in [2.75, 3.05) is 5.73 Å². The second-order valence-corrected chi connectivity index (χ2v) is 4.24.